The molecule has 0 spiro atoms. The first kappa shape index (κ1) is 6.91. The summed E-state index contributed by atoms with van der Waals surface area (Å²) in [4.78, 5) is 11.3. The summed E-state index contributed by atoms with van der Waals surface area (Å²) in [6, 6.07) is 0. The molecule has 2 rings (SSSR count). The van der Waals surface area contributed by atoms with Crippen LogP contribution in [0.2, 0.25) is 0 Å². The summed E-state index contributed by atoms with van der Waals surface area (Å²) < 4.78 is 0. The van der Waals surface area contributed by atoms with Crippen LogP contribution in [-0.4, -0.2) is 5.78 Å². The number of hydrogen-bond donors (Lipinski definition) is 2. The molecule has 3 heteroatoms. The van der Waals surface area contributed by atoms with E-state index in [0.717, 1.165) is 5.70 Å². The number of allylic oxidation sites excluding steroid dienone is 6. The Morgan fingerprint density at radius 1 is 1.17 bits per heavy atom. The fourth-order valence-corrected chi connectivity index (χ4v) is 1.14. The molecule has 0 amide bonds. The van der Waals surface area contributed by atoms with E-state index in [1.165, 1.54) is 0 Å². The number of nitrogens with one attached hydrogen (secondary N) is 2. The van der Waals surface area contributed by atoms with Gasteiger partial charge >= 0.3 is 0 Å². The highest BCUT2D eigenvalue weighted by molar-refractivity contribution is 6.08. The second-order valence-electron chi connectivity index (χ2n) is 2.51. The first-order valence-electron chi connectivity index (χ1n) is 3.69. The molecule has 2 aliphatic rings. The lowest BCUT2D eigenvalue weighted by Crippen LogP contribution is -2.28. The van der Waals surface area contributed by atoms with Crippen LogP contribution in [0, 0.1) is 0 Å². The first-order valence-corrected chi connectivity index (χ1v) is 3.69. The Morgan fingerprint density at radius 3 is 3.00 bits per heavy atom. The SMILES string of the molecule is O=C1C=CC=C2NNC=CC=C12. The maximum Gasteiger partial charge on any atom is 0.187 e. The number of hydrazine groups is 1. The summed E-state index contributed by atoms with van der Waals surface area (Å²) in [5.74, 6) is 0.0355. The van der Waals surface area contributed by atoms with Crippen molar-refractivity contribution in [2.75, 3.05) is 0 Å². The van der Waals surface area contributed by atoms with Crippen molar-refractivity contribution in [2.45, 2.75) is 0 Å². The Morgan fingerprint density at radius 2 is 2.08 bits per heavy atom. The van der Waals surface area contributed by atoms with E-state index in [1.807, 2.05) is 6.08 Å². The van der Waals surface area contributed by atoms with Crippen LogP contribution in [0.25, 0.3) is 0 Å². The predicted octanol–water partition coefficient (Wildman–Crippen LogP) is 0.557. The molecule has 1 heterocycles. The van der Waals surface area contributed by atoms with Gasteiger partial charge in [0.15, 0.2) is 5.78 Å². The summed E-state index contributed by atoms with van der Waals surface area (Å²) in [6.45, 7) is 0. The molecule has 1 aliphatic heterocycles. The van der Waals surface area contributed by atoms with Crippen LogP contribution in [0.5, 0.6) is 0 Å². The predicted molar refractivity (Wildman–Crippen MR) is 45.7 cm³/mol. The second-order valence-corrected chi connectivity index (χ2v) is 2.51. The van der Waals surface area contributed by atoms with Crippen LogP contribution in [-0.2, 0) is 4.79 Å². The molecule has 0 bridgehead atoms. The molecule has 60 valence electrons. The molecule has 0 atom stereocenters. The van der Waals surface area contributed by atoms with Gasteiger partial charge < -0.3 is 10.9 Å². The van der Waals surface area contributed by atoms with Gasteiger partial charge in [-0.2, -0.15) is 0 Å². The van der Waals surface area contributed by atoms with Crippen LogP contribution < -0.4 is 10.9 Å². The molecule has 3 nitrogen and oxygen atoms in total. The van der Waals surface area contributed by atoms with Crippen molar-refractivity contribution in [3.63, 3.8) is 0 Å². The highest BCUT2D eigenvalue weighted by atomic mass is 16.1. The fraction of sp³-hybridized carbons (Fsp3) is 0. The molecule has 0 aromatic rings. The van der Waals surface area contributed by atoms with Gasteiger partial charge in [-0.3, -0.25) is 4.79 Å². The Kier molecular flexibility index (Phi) is 1.55. The number of fused-ring (bicyclic) bond motifs is 1. The monoisotopic (exact) mass is 160 g/mol. The van der Waals surface area contributed by atoms with E-state index >= 15 is 0 Å². The Hall–Kier alpha value is -1.77. The topological polar surface area (TPSA) is 41.1 Å². The molecular weight excluding hydrogens is 152 g/mol. The largest absolute Gasteiger partial charge is 0.308 e. The Labute approximate surface area is 70.1 Å². The maximum atomic E-state index is 11.3. The van der Waals surface area contributed by atoms with Crippen LogP contribution in [0.15, 0.2) is 47.9 Å². The van der Waals surface area contributed by atoms with Gasteiger partial charge in [0.1, 0.15) is 0 Å². The standard InChI is InChI=1S/C9H8N2O/c12-9-5-1-4-8-7(9)3-2-6-10-11-8/h1-6,10-11H. The molecule has 0 saturated heterocycles. The zero-order valence-electron chi connectivity index (χ0n) is 6.37. The summed E-state index contributed by atoms with van der Waals surface area (Å²) in [7, 11) is 0. The van der Waals surface area contributed by atoms with Gasteiger partial charge in [-0.05, 0) is 24.3 Å². The average Bonchev–Trinajstić information content (AvgIpc) is 2.30. The zero-order valence-corrected chi connectivity index (χ0v) is 6.37. The number of rotatable bonds is 0. The van der Waals surface area contributed by atoms with Crippen LogP contribution in [0.3, 0.4) is 0 Å². The average molecular weight is 160 g/mol. The van der Waals surface area contributed by atoms with Gasteiger partial charge in [0.25, 0.3) is 0 Å². The molecule has 0 aromatic heterocycles. The van der Waals surface area contributed by atoms with Crippen LogP contribution >= 0.6 is 0 Å². The summed E-state index contributed by atoms with van der Waals surface area (Å²) in [5.41, 5.74) is 7.23. The number of carbonyl (C=O) groups excluding carboxylic acids is 1. The highest BCUT2D eigenvalue weighted by Crippen LogP contribution is 2.14. The van der Waals surface area contributed by atoms with E-state index in [-0.39, 0.29) is 5.78 Å². The first-order chi connectivity index (χ1) is 5.88. The zero-order chi connectivity index (χ0) is 8.39. The number of carbonyl (C=O) groups is 1. The fourth-order valence-electron chi connectivity index (χ4n) is 1.14. The summed E-state index contributed by atoms with van der Waals surface area (Å²) >= 11 is 0. The van der Waals surface area contributed by atoms with Crippen molar-refractivity contribution in [3.8, 4) is 0 Å². The molecule has 0 unspecified atom stereocenters. The van der Waals surface area contributed by atoms with Gasteiger partial charge in [0, 0.05) is 11.8 Å². The van der Waals surface area contributed by atoms with E-state index in [1.54, 1.807) is 30.5 Å². The third-order valence-corrected chi connectivity index (χ3v) is 1.72. The Balaban J connectivity index is 2.43. The van der Waals surface area contributed by atoms with E-state index in [9.17, 15) is 4.79 Å². The number of hydrogen-bond acceptors (Lipinski definition) is 3. The molecule has 0 saturated carbocycles. The van der Waals surface area contributed by atoms with Gasteiger partial charge in [-0.1, -0.05) is 6.08 Å². The molecule has 0 radical (unpaired) electrons. The molecular formula is C9H8N2O. The van der Waals surface area contributed by atoms with Crippen LogP contribution in [0.1, 0.15) is 0 Å². The smallest absolute Gasteiger partial charge is 0.187 e. The second kappa shape index (κ2) is 2.70. The molecule has 1 aliphatic carbocycles. The molecule has 0 aromatic carbocycles. The lowest BCUT2D eigenvalue weighted by molar-refractivity contribution is -0.111. The van der Waals surface area contributed by atoms with Gasteiger partial charge in [0.2, 0.25) is 0 Å². The quantitative estimate of drug-likeness (QED) is 0.544. The lowest BCUT2D eigenvalue weighted by Gasteiger charge is -2.11. The van der Waals surface area contributed by atoms with Gasteiger partial charge in [-0.25, -0.2) is 0 Å². The summed E-state index contributed by atoms with van der Waals surface area (Å²) in [6.07, 6.45) is 10.4. The molecule has 0 fully saturated rings. The third kappa shape index (κ3) is 1.05. The third-order valence-electron chi connectivity index (χ3n) is 1.72. The van der Waals surface area contributed by atoms with Crippen molar-refractivity contribution >= 4 is 5.78 Å². The van der Waals surface area contributed by atoms with E-state index < -0.39 is 0 Å². The van der Waals surface area contributed by atoms with Crippen molar-refractivity contribution < 1.29 is 4.79 Å². The minimum Gasteiger partial charge on any atom is -0.308 e. The molecule has 2 N–H and O–H groups in total. The normalized spacial score (nSPS) is 19.8. The van der Waals surface area contributed by atoms with Crippen molar-refractivity contribution in [2.24, 2.45) is 0 Å². The minimum atomic E-state index is 0.0355. The lowest BCUT2D eigenvalue weighted by atomic mass is 10.0. The van der Waals surface area contributed by atoms with Gasteiger partial charge in [-0.15, -0.1) is 0 Å². The van der Waals surface area contributed by atoms with E-state index in [4.69, 9.17) is 0 Å². The minimum absolute atomic E-state index is 0.0355. The maximum absolute atomic E-state index is 11.3. The number of ketones is 1. The van der Waals surface area contributed by atoms with Crippen molar-refractivity contribution in [3.05, 3.63) is 47.9 Å². The highest BCUT2D eigenvalue weighted by Gasteiger charge is 2.14. The van der Waals surface area contributed by atoms with E-state index in [0.29, 0.717) is 5.57 Å². The molecule has 12 heavy (non-hydrogen) atoms. The van der Waals surface area contributed by atoms with Gasteiger partial charge in [0.05, 0.1) is 5.70 Å². The van der Waals surface area contributed by atoms with Crippen molar-refractivity contribution in [1.29, 1.82) is 0 Å². The van der Waals surface area contributed by atoms with Crippen LogP contribution in [0.4, 0.5) is 0 Å². The van der Waals surface area contributed by atoms with Crippen molar-refractivity contribution in [1.82, 2.24) is 10.9 Å². The summed E-state index contributed by atoms with van der Waals surface area (Å²) in [5, 5.41) is 0. The Bertz CT molecular complexity index is 334. The van der Waals surface area contributed by atoms with E-state index in [2.05, 4.69) is 10.9 Å².